The summed E-state index contributed by atoms with van der Waals surface area (Å²) in [6, 6.07) is 5.87. The molecule has 0 aliphatic heterocycles. The molecule has 2 aromatic heterocycles. The van der Waals surface area contributed by atoms with Gasteiger partial charge in [0, 0.05) is 23.0 Å². The van der Waals surface area contributed by atoms with E-state index in [0.29, 0.717) is 5.69 Å². The van der Waals surface area contributed by atoms with Gasteiger partial charge in [0.25, 0.3) is 0 Å². The van der Waals surface area contributed by atoms with Gasteiger partial charge in [-0.3, -0.25) is 9.78 Å². The van der Waals surface area contributed by atoms with E-state index in [-0.39, 0.29) is 6.42 Å². The number of rotatable bonds is 6. The zero-order valence-corrected chi connectivity index (χ0v) is 11.2. The topological polar surface area (TPSA) is 63.1 Å². The third kappa shape index (κ3) is 4.12. The lowest BCUT2D eigenvalue weighted by Crippen LogP contribution is -1.99. The summed E-state index contributed by atoms with van der Waals surface area (Å²) in [6.45, 7) is 0. The maximum Gasteiger partial charge on any atom is 0.309 e. The number of aromatic nitrogens is 2. The van der Waals surface area contributed by atoms with E-state index >= 15 is 0 Å². The Morgan fingerprint density at radius 1 is 1.39 bits per heavy atom. The molecule has 0 atom stereocenters. The maximum atomic E-state index is 10.5. The van der Waals surface area contributed by atoms with Crippen molar-refractivity contribution in [2.24, 2.45) is 0 Å². The van der Waals surface area contributed by atoms with Crippen molar-refractivity contribution in [3.05, 3.63) is 41.2 Å². The monoisotopic (exact) mass is 280 g/mol. The standard InChI is InChI=1S/C12H12N2O2S2/c15-11(16)7-10-8-18-12(14-10)17-6-4-9-3-1-2-5-13-9/h1-3,5,8H,4,6-7H2,(H,15,16). The molecule has 1 N–H and O–H groups in total. The van der Waals surface area contributed by atoms with Crippen molar-refractivity contribution in [3.8, 4) is 0 Å². The molecule has 2 aromatic rings. The number of carbonyl (C=O) groups is 1. The average molecular weight is 280 g/mol. The average Bonchev–Trinajstić information content (AvgIpc) is 2.77. The summed E-state index contributed by atoms with van der Waals surface area (Å²) in [5, 5.41) is 10.5. The first-order chi connectivity index (χ1) is 8.74. The number of hydrogen-bond acceptors (Lipinski definition) is 5. The number of aryl methyl sites for hydroxylation is 1. The smallest absolute Gasteiger partial charge is 0.309 e. The minimum Gasteiger partial charge on any atom is -0.481 e. The van der Waals surface area contributed by atoms with E-state index in [9.17, 15) is 4.79 Å². The zero-order valence-electron chi connectivity index (χ0n) is 9.57. The van der Waals surface area contributed by atoms with Gasteiger partial charge in [-0.15, -0.1) is 11.3 Å². The second-order valence-corrected chi connectivity index (χ2v) is 5.79. The summed E-state index contributed by atoms with van der Waals surface area (Å²) in [4.78, 5) is 19.0. The molecule has 0 spiro atoms. The number of thioether (sulfide) groups is 1. The van der Waals surface area contributed by atoms with Gasteiger partial charge < -0.3 is 5.11 Å². The molecule has 0 saturated heterocycles. The van der Waals surface area contributed by atoms with E-state index in [0.717, 1.165) is 22.2 Å². The first-order valence-electron chi connectivity index (χ1n) is 5.43. The second-order valence-electron chi connectivity index (χ2n) is 3.59. The van der Waals surface area contributed by atoms with Crippen LogP contribution in [0, 0.1) is 0 Å². The van der Waals surface area contributed by atoms with Crippen molar-refractivity contribution in [2.45, 2.75) is 17.2 Å². The number of carboxylic acids is 1. The Morgan fingerprint density at radius 2 is 2.28 bits per heavy atom. The predicted molar refractivity (Wildman–Crippen MR) is 72.1 cm³/mol. The summed E-state index contributed by atoms with van der Waals surface area (Å²) in [5.41, 5.74) is 1.69. The molecule has 4 nitrogen and oxygen atoms in total. The van der Waals surface area contributed by atoms with Gasteiger partial charge >= 0.3 is 5.97 Å². The van der Waals surface area contributed by atoms with Crippen LogP contribution in [0.25, 0.3) is 0 Å². The Morgan fingerprint density at radius 3 is 3.00 bits per heavy atom. The highest BCUT2D eigenvalue weighted by atomic mass is 32.2. The molecule has 18 heavy (non-hydrogen) atoms. The number of pyridine rings is 1. The Labute approximate surface area is 113 Å². The minimum atomic E-state index is -0.842. The van der Waals surface area contributed by atoms with Crippen LogP contribution in [0.4, 0.5) is 0 Å². The highest BCUT2D eigenvalue weighted by Crippen LogP contribution is 2.23. The van der Waals surface area contributed by atoms with Crippen molar-refractivity contribution in [1.82, 2.24) is 9.97 Å². The van der Waals surface area contributed by atoms with E-state index < -0.39 is 5.97 Å². The van der Waals surface area contributed by atoms with Gasteiger partial charge in [0.1, 0.15) is 4.34 Å². The van der Waals surface area contributed by atoms with E-state index in [1.54, 1.807) is 23.3 Å². The predicted octanol–water partition coefficient (Wildman–Crippen LogP) is 2.50. The van der Waals surface area contributed by atoms with E-state index in [4.69, 9.17) is 5.11 Å². The SMILES string of the molecule is O=C(O)Cc1csc(SCCc2ccccn2)n1. The summed E-state index contributed by atoms with van der Waals surface area (Å²) < 4.78 is 0.919. The van der Waals surface area contributed by atoms with Crippen LogP contribution < -0.4 is 0 Å². The van der Waals surface area contributed by atoms with Gasteiger partial charge in [0.15, 0.2) is 0 Å². The molecule has 0 unspecified atom stereocenters. The molecule has 0 aliphatic rings. The number of carboxylic acid groups (broad SMARTS) is 1. The first-order valence-corrected chi connectivity index (χ1v) is 7.29. The van der Waals surface area contributed by atoms with Gasteiger partial charge in [-0.05, 0) is 18.6 Å². The number of nitrogens with zero attached hydrogens (tertiary/aromatic N) is 2. The summed E-state index contributed by atoms with van der Waals surface area (Å²) >= 11 is 3.13. The molecular weight excluding hydrogens is 268 g/mol. The maximum absolute atomic E-state index is 10.5. The highest BCUT2D eigenvalue weighted by Gasteiger charge is 2.06. The summed E-state index contributed by atoms with van der Waals surface area (Å²) in [6.07, 6.45) is 2.67. The van der Waals surface area contributed by atoms with Crippen LogP contribution in [0.1, 0.15) is 11.4 Å². The van der Waals surface area contributed by atoms with Crippen LogP contribution in [0.15, 0.2) is 34.1 Å². The number of hydrogen-bond donors (Lipinski definition) is 1. The largest absolute Gasteiger partial charge is 0.481 e. The normalized spacial score (nSPS) is 10.4. The van der Waals surface area contributed by atoms with Crippen LogP contribution in [0.3, 0.4) is 0 Å². The number of thiazole rings is 1. The van der Waals surface area contributed by atoms with Gasteiger partial charge in [0.2, 0.25) is 0 Å². The molecule has 0 fully saturated rings. The van der Waals surface area contributed by atoms with Gasteiger partial charge in [-0.1, -0.05) is 17.8 Å². The van der Waals surface area contributed by atoms with E-state index in [1.807, 2.05) is 18.2 Å². The molecule has 0 aliphatic carbocycles. The third-order valence-electron chi connectivity index (χ3n) is 2.17. The molecule has 94 valence electrons. The molecule has 0 aromatic carbocycles. The van der Waals surface area contributed by atoms with Gasteiger partial charge in [-0.2, -0.15) is 0 Å². The fourth-order valence-electron chi connectivity index (χ4n) is 1.38. The van der Waals surface area contributed by atoms with Crippen LogP contribution in [0.2, 0.25) is 0 Å². The van der Waals surface area contributed by atoms with Crippen molar-refractivity contribution in [2.75, 3.05) is 5.75 Å². The van der Waals surface area contributed by atoms with Crippen LogP contribution in [0.5, 0.6) is 0 Å². The molecular formula is C12H12N2O2S2. The molecule has 0 saturated carbocycles. The molecule has 2 heterocycles. The van der Waals surface area contributed by atoms with Crippen molar-refractivity contribution in [1.29, 1.82) is 0 Å². The molecule has 0 radical (unpaired) electrons. The van der Waals surface area contributed by atoms with Crippen LogP contribution in [-0.4, -0.2) is 26.8 Å². The fourth-order valence-corrected chi connectivity index (χ4v) is 3.26. The molecule has 0 bridgehead atoms. The Balaban J connectivity index is 1.80. The first kappa shape index (κ1) is 13.0. The van der Waals surface area contributed by atoms with Crippen molar-refractivity contribution >= 4 is 29.1 Å². The lowest BCUT2D eigenvalue weighted by Gasteiger charge is -1.97. The van der Waals surface area contributed by atoms with Crippen LogP contribution in [-0.2, 0) is 17.6 Å². The zero-order chi connectivity index (χ0) is 12.8. The Hall–Kier alpha value is -1.40. The lowest BCUT2D eigenvalue weighted by molar-refractivity contribution is -0.136. The van der Waals surface area contributed by atoms with E-state index in [1.165, 1.54) is 11.3 Å². The van der Waals surface area contributed by atoms with Gasteiger partial charge in [-0.25, -0.2) is 4.98 Å². The van der Waals surface area contributed by atoms with Crippen molar-refractivity contribution in [3.63, 3.8) is 0 Å². The number of aliphatic carboxylic acids is 1. The Kier molecular flexibility index (Phi) is 4.72. The minimum absolute atomic E-state index is 0.00268. The molecule has 2 rings (SSSR count). The molecule has 0 amide bonds. The van der Waals surface area contributed by atoms with Crippen molar-refractivity contribution < 1.29 is 9.90 Å². The third-order valence-corrected chi connectivity index (χ3v) is 4.24. The van der Waals surface area contributed by atoms with Gasteiger partial charge in [0.05, 0.1) is 12.1 Å². The molecule has 6 heteroatoms. The Bertz CT molecular complexity index is 514. The summed E-state index contributed by atoms with van der Waals surface area (Å²) in [7, 11) is 0. The second kappa shape index (κ2) is 6.51. The van der Waals surface area contributed by atoms with Crippen LogP contribution >= 0.6 is 23.1 Å². The summed E-state index contributed by atoms with van der Waals surface area (Å²) in [5.74, 6) is 0.0576. The quantitative estimate of drug-likeness (QED) is 0.824. The van der Waals surface area contributed by atoms with E-state index in [2.05, 4.69) is 9.97 Å². The lowest BCUT2D eigenvalue weighted by atomic mass is 10.3. The highest BCUT2D eigenvalue weighted by molar-refractivity contribution is 8.01. The fraction of sp³-hybridized carbons (Fsp3) is 0.250.